The number of carbonyl (C=O) groups excluding carboxylic acids is 2. The largest absolute Gasteiger partial charge is 0.481 e. The second kappa shape index (κ2) is 7.48. The van der Waals surface area contributed by atoms with Crippen LogP contribution in [-0.4, -0.2) is 40.9 Å². The maximum atomic E-state index is 12.4. The summed E-state index contributed by atoms with van der Waals surface area (Å²) in [6.07, 6.45) is 0.494. The Morgan fingerprint density at radius 3 is 2.56 bits per heavy atom. The normalized spacial score (nSPS) is 16.6. The molecule has 1 atom stereocenters. The lowest BCUT2D eigenvalue weighted by Gasteiger charge is -2.16. The van der Waals surface area contributed by atoms with Crippen molar-refractivity contribution in [2.24, 2.45) is 5.92 Å². The van der Waals surface area contributed by atoms with Crippen LogP contribution in [0.15, 0.2) is 41.8 Å². The Morgan fingerprint density at radius 2 is 1.96 bits per heavy atom. The van der Waals surface area contributed by atoms with E-state index in [-0.39, 0.29) is 18.4 Å². The van der Waals surface area contributed by atoms with Crippen molar-refractivity contribution in [3.05, 3.63) is 57.8 Å². The molecule has 1 saturated heterocycles. The van der Waals surface area contributed by atoms with Crippen molar-refractivity contribution >= 4 is 29.1 Å². The predicted molar refractivity (Wildman–Crippen MR) is 93.6 cm³/mol. The minimum absolute atomic E-state index is 0.119. The Hall–Kier alpha value is -2.67. The molecule has 1 aliphatic heterocycles. The zero-order chi connectivity index (χ0) is 17.8. The molecule has 2 amide bonds. The Bertz CT molecular complexity index is 771. The van der Waals surface area contributed by atoms with Gasteiger partial charge in [0.15, 0.2) is 0 Å². The van der Waals surface area contributed by atoms with Gasteiger partial charge in [0, 0.05) is 25.2 Å². The van der Waals surface area contributed by atoms with E-state index in [4.69, 9.17) is 5.11 Å². The van der Waals surface area contributed by atoms with E-state index < -0.39 is 11.9 Å². The van der Waals surface area contributed by atoms with E-state index >= 15 is 0 Å². The summed E-state index contributed by atoms with van der Waals surface area (Å²) in [7, 11) is 0. The number of hydrogen-bond donors (Lipinski definition) is 2. The molecular weight excluding hydrogens is 340 g/mol. The van der Waals surface area contributed by atoms with Crippen molar-refractivity contribution in [1.29, 1.82) is 0 Å². The molecule has 0 spiro atoms. The van der Waals surface area contributed by atoms with Gasteiger partial charge in [-0.05, 0) is 35.6 Å². The second-order valence-corrected chi connectivity index (χ2v) is 6.88. The topological polar surface area (TPSA) is 86.7 Å². The zero-order valence-electron chi connectivity index (χ0n) is 13.5. The van der Waals surface area contributed by atoms with Crippen LogP contribution in [0.5, 0.6) is 0 Å². The van der Waals surface area contributed by atoms with Crippen molar-refractivity contribution in [1.82, 2.24) is 10.2 Å². The van der Waals surface area contributed by atoms with E-state index in [0.29, 0.717) is 30.0 Å². The van der Waals surface area contributed by atoms with Gasteiger partial charge in [-0.25, -0.2) is 0 Å². The Labute approximate surface area is 149 Å². The van der Waals surface area contributed by atoms with Crippen LogP contribution < -0.4 is 5.32 Å². The Balaban J connectivity index is 1.56. The van der Waals surface area contributed by atoms with E-state index in [9.17, 15) is 14.4 Å². The Morgan fingerprint density at radius 1 is 1.20 bits per heavy atom. The van der Waals surface area contributed by atoms with E-state index in [1.54, 1.807) is 35.2 Å². The lowest BCUT2D eigenvalue weighted by atomic mass is 10.1. The zero-order valence-corrected chi connectivity index (χ0v) is 14.3. The lowest BCUT2D eigenvalue weighted by Crippen LogP contribution is -2.30. The molecule has 1 fully saturated rings. The van der Waals surface area contributed by atoms with Crippen LogP contribution >= 0.6 is 11.3 Å². The molecule has 0 aliphatic carbocycles. The first-order valence-corrected chi connectivity index (χ1v) is 8.85. The van der Waals surface area contributed by atoms with Crippen LogP contribution in [0.4, 0.5) is 0 Å². The number of thiophene rings is 1. The summed E-state index contributed by atoms with van der Waals surface area (Å²) in [6, 6.07) is 10.6. The molecular formula is C18H18N2O4S. The number of nitrogens with one attached hydrogen (secondary N) is 1. The van der Waals surface area contributed by atoms with Gasteiger partial charge in [0.25, 0.3) is 11.8 Å². The SMILES string of the molecule is O=C(NCc1ccc(C(=O)N2CCC(C(=O)O)C2)cc1)c1cccs1. The van der Waals surface area contributed by atoms with Crippen LogP contribution in [0.25, 0.3) is 0 Å². The summed E-state index contributed by atoms with van der Waals surface area (Å²) in [5, 5.41) is 13.7. The fraction of sp³-hybridized carbons (Fsp3) is 0.278. The summed E-state index contributed by atoms with van der Waals surface area (Å²) in [5.41, 5.74) is 1.42. The number of rotatable bonds is 5. The lowest BCUT2D eigenvalue weighted by molar-refractivity contribution is -0.141. The Kier molecular flexibility index (Phi) is 5.14. The number of carbonyl (C=O) groups is 3. The molecule has 7 heteroatoms. The van der Waals surface area contributed by atoms with Gasteiger partial charge in [0.2, 0.25) is 0 Å². The van der Waals surface area contributed by atoms with Crippen LogP contribution in [0.3, 0.4) is 0 Å². The summed E-state index contributed by atoms with van der Waals surface area (Å²) >= 11 is 1.38. The van der Waals surface area contributed by atoms with Gasteiger partial charge in [-0.3, -0.25) is 14.4 Å². The molecule has 2 N–H and O–H groups in total. The molecule has 1 aromatic carbocycles. The minimum atomic E-state index is -0.855. The first kappa shape index (κ1) is 17.2. The molecule has 1 aliphatic rings. The molecule has 3 rings (SSSR count). The van der Waals surface area contributed by atoms with E-state index in [1.807, 2.05) is 11.4 Å². The molecule has 0 saturated carbocycles. The fourth-order valence-electron chi connectivity index (χ4n) is 2.77. The van der Waals surface area contributed by atoms with Crippen LogP contribution in [0.2, 0.25) is 0 Å². The summed E-state index contributed by atoms with van der Waals surface area (Å²) in [5.74, 6) is -1.60. The summed E-state index contributed by atoms with van der Waals surface area (Å²) in [6.45, 7) is 1.11. The van der Waals surface area contributed by atoms with Gasteiger partial charge >= 0.3 is 5.97 Å². The van der Waals surface area contributed by atoms with Crippen LogP contribution in [0.1, 0.15) is 32.0 Å². The number of aliphatic carboxylic acids is 1. The second-order valence-electron chi connectivity index (χ2n) is 5.93. The molecule has 2 aromatic rings. The number of hydrogen-bond acceptors (Lipinski definition) is 4. The highest BCUT2D eigenvalue weighted by Gasteiger charge is 2.31. The number of amides is 2. The van der Waals surface area contributed by atoms with Gasteiger partial charge in [0.05, 0.1) is 10.8 Å². The van der Waals surface area contributed by atoms with Gasteiger partial charge in [-0.2, -0.15) is 0 Å². The van der Waals surface area contributed by atoms with Gasteiger partial charge in [0.1, 0.15) is 0 Å². The molecule has 25 heavy (non-hydrogen) atoms. The van der Waals surface area contributed by atoms with Crippen molar-refractivity contribution < 1.29 is 19.5 Å². The molecule has 1 unspecified atom stereocenters. The summed E-state index contributed by atoms with van der Waals surface area (Å²) in [4.78, 5) is 37.5. The molecule has 2 heterocycles. The highest BCUT2D eigenvalue weighted by atomic mass is 32.1. The van der Waals surface area contributed by atoms with Crippen molar-refractivity contribution in [2.75, 3.05) is 13.1 Å². The minimum Gasteiger partial charge on any atom is -0.481 e. The third kappa shape index (κ3) is 4.06. The molecule has 6 nitrogen and oxygen atoms in total. The smallest absolute Gasteiger partial charge is 0.308 e. The number of carboxylic acid groups (broad SMARTS) is 1. The van der Waals surface area contributed by atoms with Crippen molar-refractivity contribution in [2.45, 2.75) is 13.0 Å². The first-order chi connectivity index (χ1) is 12.0. The molecule has 1 aromatic heterocycles. The monoisotopic (exact) mass is 358 g/mol. The number of carboxylic acids is 1. The highest BCUT2D eigenvalue weighted by Crippen LogP contribution is 2.19. The average Bonchev–Trinajstić information content (AvgIpc) is 3.31. The van der Waals surface area contributed by atoms with E-state index in [0.717, 1.165) is 5.56 Å². The average molecular weight is 358 g/mol. The third-order valence-corrected chi connectivity index (χ3v) is 5.09. The quantitative estimate of drug-likeness (QED) is 0.858. The third-order valence-electron chi connectivity index (χ3n) is 4.22. The molecule has 130 valence electrons. The van der Waals surface area contributed by atoms with Gasteiger partial charge < -0.3 is 15.3 Å². The van der Waals surface area contributed by atoms with Crippen molar-refractivity contribution in [3.63, 3.8) is 0 Å². The van der Waals surface area contributed by atoms with Gasteiger partial charge in [-0.15, -0.1) is 11.3 Å². The van der Waals surface area contributed by atoms with Crippen molar-refractivity contribution in [3.8, 4) is 0 Å². The maximum Gasteiger partial charge on any atom is 0.308 e. The fourth-order valence-corrected chi connectivity index (χ4v) is 3.41. The number of nitrogens with zero attached hydrogens (tertiary/aromatic N) is 1. The first-order valence-electron chi connectivity index (χ1n) is 7.97. The predicted octanol–water partition coefficient (Wildman–Crippen LogP) is 2.22. The standard InChI is InChI=1S/C18H18N2O4S/c21-16(15-2-1-9-25-15)19-10-12-3-5-13(6-4-12)17(22)20-8-7-14(11-20)18(23)24/h1-6,9,14H,7-8,10-11H2,(H,19,21)(H,23,24). The van der Waals surface area contributed by atoms with Gasteiger partial charge in [-0.1, -0.05) is 18.2 Å². The molecule has 0 bridgehead atoms. The highest BCUT2D eigenvalue weighted by molar-refractivity contribution is 7.12. The number of likely N-dealkylation sites (tertiary alicyclic amines) is 1. The maximum absolute atomic E-state index is 12.4. The summed E-state index contributed by atoms with van der Waals surface area (Å²) < 4.78 is 0. The number of benzene rings is 1. The van der Waals surface area contributed by atoms with E-state index in [2.05, 4.69) is 5.32 Å². The van der Waals surface area contributed by atoms with Crippen LogP contribution in [0, 0.1) is 5.92 Å². The van der Waals surface area contributed by atoms with Crippen LogP contribution in [-0.2, 0) is 11.3 Å². The van der Waals surface area contributed by atoms with E-state index in [1.165, 1.54) is 11.3 Å². The molecule has 0 radical (unpaired) electrons.